The Kier molecular flexibility index (Phi) is 4.31. The largest absolute Gasteiger partial charge is 0.396 e. The predicted molar refractivity (Wildman–Crippen MR) is 67.8 cm³/mol. The van der Waals surface area contributed by atoms with Crippen LogP contribution in [0.4, 0.5) is 5.82 Å². The van der Waals surface area contributed by atoms with Crippen LogP contribution >= 0.6 is 0 Å². The van der Waals surface area contributed by atoms with Crippen molar-refractivity contribution >= 4 is 5.82 Å². The lowest BCUT2D eigenvalue weighted by atomic mass is 9.79. The van der Waals surface area contributed by atoms with Gasteiger partial charge in [-0.1, -0.05) is 12.8 Å². The maximum absolute atomic E-state index is 9.35. The third kappa shape index (κ3) is 3.40. The zero-order valence-corrected chi connectivity index (χ0v) is 10.4. The lowest BCUT2D eigenvalue weighted by Gasteiger charge is -2.30. The van der Waals surface area contributed by atoms with Gasteiger partial charge in [-0.25, -0.2) is 9.97 Å². The second-order valence-electron chi connectivity index (χ2n) is 4.86. The van der Waals surface area contributed by atoms with Gasteiger partial charge in [-0.05, 0) is 37.7 Å². The molecule has 2 N–H and O–H groups in total. The van der Waals surface area contributed by atoms with Crippen molar-refractivity contribution in [2.45, 2.75) is 32.6 Å². The molecule has 1 saturated carbocycles. The zero-order chi connectivity index (χ0) is 12.1. The van der Waals surface area contributed by atoms with Crippen molar-refractivity contribution in [3.8, 4) is 0 Å². The molecule has 2 unspecified atom stereocenters. The normalized spacial score (nSPS) is 24.6. The van der Waals surface area contributed by atoms with Gasteiger partial charge >= 0.3 is 0 Å². The number of aliphatic hydroxyl groups is 1. The molecule has 1 aromatic heterocycles. The van der Waals surface area contributed by atoms with Gasteiger partial charge in [0.05, 0.1) is 0 Å². The third-order valence-electron chi connectivity index (χ3n) is 3.62. The summed E-state index contributed by atoms with van der Waals surface area (Å²) < 4.78 is 0. The quantitative estimate of drug-likeness (QED) is 0.838. The summed E-state index contributed by atoms with van der Waals surface area (Å²) in [6.07, 6.45) is 6.68. The number of rotatable bonds is 4. The van der Waals surface area contributed by atoms with Gasteiger partial charge in [-0.2, -0.15) is 0 Å². The summed E-state index contributed by atoms with van der Waals surface area (Å²) in [4.78, 5) is 8.40. The lowest BCUT2D eigenvalue weighted by molar-refractivity contribution is 0.141. The van der Waals surface area contributed by atoms with Crippen LogP contribution in [0.15, 0.2) is 12.3 Å². The molecule has 1 aromatic rings. The van der Waals surface area contributed by atoms with E-state index in [4.69, 9.17) is 0 Å². The first-order valence-corrected chi connectivity index (χ1v) is 6.44. The van der Waals surface area contributed by atoms with E-state index in [1.165, 1.54) is 19.3 Å². The maximum Gasteiger partial charge on any atom is 0.129 e. The van der Waals surface area contributed by atoms with Crippen LogP contribution in [0.2, 0.25) is 0 Å². The third-order valence-corrected chi connectivity index (χ3v) is 3.62. The van der Waals surface area contributed by atoms with E-state index in [0.717, 1.165) is 24.6 Å². The van der Waals surface area contributed by atoms with Crippen molar-refractivity contribution in [1.29, 1.82) is 0 Å². The van der Waals surface area contributed by atoms with Crippen LogP contribution in [0.5, 0.6) is 0 Å². The smallest absolute Gasteiger partial charge is 0.129 e. The summed E-state index contributed by atoms with van der Waals surface area (Å²) in [5, 5.41) is 12.7. The van der Waals surface area contributed by atoms with E-state index in [1.807, 2.05) is 13.0 Å². The van der Waals surface area contributed by atoms with Gasteiger partial charge in [-0.15, -0.1) is 0 Å². The van der Waals surface area contributed by atoms with Crippen molar-refractivity contribution in [2.75, 3.05) is 18.5 Å². The molecule has 2 atom stereocenters. The van der Waals surface area contributed by atoms with Crippen molar-refractivity contribution in [3.63, 3.8) is 0 Å². The fourth-order valence-electron chi connectivity index (χ4n) is 2.58. The molecule has 0 saturated heterocycles. The molecule has 2 rings (SSSR count). The van der Waals surface area contributed by atoms with Gasteiger partial charge in [0.2, 0.25) is 0 Å². The molecule has 0 radical (unpaired) electrons. The topological polar surface area (TPSA) is 58.0 Å². The van der Waals surface area contributed by atoms with E-state index in [0.29, 0.717) is 18.4 Å². The van der Waals surface area contributed by atoms with Crippen molar-refractivity contribution in [3.05, 3.63) is 18.1 Å². The number of anilines is 1. The van der Waals surface area contributed by atoms with E-state index in [2.05, 4.69) is 15.3 Å². The average molecular weight is 235 g/mol. The molecule has 1 aliphatic rings. The number of aliphatic hydroxyl groups excluding tert-OH is 1. The fraction of sp³-hybridized carbons (Fsp3) is 0.692. The molecular weight excluding hydrogens is 214 g/mol. The van der Waals surface area contributed by atoms with Crippen LogP contribution in [0, 0.1) is 18.8 Å². The first-order chi connectivity index (χ1) is 8.29. The fourth-order valence-corrected chi connectivity index (χ4v) is 2.58. The minimum Gasteiger partial charge on any atom is -0.396 e. The molecule has 0 amide bonds. The van der Waals surface area contributed by atoms with Crippen LogP contribution in [0.25, 0.3) is 0 Å². The number of aromatic nitrogens is 2. The minimum atomic E-state index is 0.315. The van der Waals surface area contributed by atoms with Gasteiger partial charge in [0.15, 0.2) is 0 Å². The Labute approximate surface area is 102 Å². The SMILES string of the molecule is Cc1nccc(NCC2CCCCC2CO)n1. The molecule has 94 valence electrons. The van der Waals surface area contributed by atoms with Crippen LogP contribution in [-0.2, 0) is 0 Å². The Bertz CT molecular complexity index is 356. The molecule has 0 aromatic carbocycles. The standard InChI is InChI=1S/C13H21N3O/c1-10-14-7-6-13(16-10)15-8-11-4-2-3-5-12(11)9-17/h6-7,11-12,17H,2-5,8-9H2,1H3,(H,14,15,16). The van der Waals surface area contributed by atoms with Crippen molar-refractivity contribution in [1.82, 2.24) is 9.97 Å². The molecule has 4 heteroatoms. The number of nitrogens with zero attached hydrogens (tertiary/aromatic N) is 2. The highest BCUT2D eigenvalue weighted by Crippen LogP contribution is 2.29. The molecular formula is C13H21N3O. The Morgan fingerprint density at radius 2 is 2.12 bits per heavy atom. The first-order valence-electron chi connectivity index (χ1n) is 6.44. The molecule has 0 spiro atoms. The summed E-state index contributed by atoms with van der Waals surface area (Å²) in [5.41, 5.74) is 0. The highest BCUT2D eigenvalue weighted by molar-refractivity contribution is 5.32. The van der Waals surface area contributed by atoms with Gasteiger partial charge in [-0.3, -0.25) is 0 Å². The highest BCUT2D eigenvalue weighted by Gasteiger charge is 2.24. The van der Waals surface area contributed by atoms with Gasteiger partial charge in [0, 0.05) is 19.3 Å². The highest BCUT2D eigenvalue weighted by atomic mass is 16.3. The van der Waals surface area contributed by atoms with E-state index < -0.39 is 0 Å². The maximum atomic E-state index is 9.35. The Balaban J connectivity index is 1.88. The van der Waals surface area contributed by atoms with Crippen LogP contribution < -0.4 is 5.32 Å². The molecule has 4 nitrogen and oxygen atoms in total. The Hall–Kier alpha value is -1.16. The molecule has 0 bridgehead atoms. The molecule has 1 heterocycles. The van der Waals surface area contributed by atoms with E-state index >= 15 is 0 Å². The van der Waals surface area contributed by atoms with E-state index in [1.54, 1.807) is 6.20 Å². The van der Waals surface area contributed by atoms with Crippen LogP contribution in [0.1, 0.15) is 31.5 Å². The number of hydrogen-bond acceptors (Lipinski definition) is 4. The molecule has 1 aliphatic carbocycles. The Morgan fingerprint density at radius 1 is 1.35 bits per heavy atom. The molecule has 0 aliphatic heterocycles. The van der Waals surface area contributed by atoms with Gasteiger partial charge < -0.3 is 10.4 Å². The summed E-state index contributed by atoms with van der Waals surface area (Å²) in [5.74, 6) is 2.71. The van der Waals surface area contributed by atoms with E-state index in [9.17, 15) is 5.11 Å². The number of hydrogen-bond donors (Lipinski definition) is 2. The first kappa shape index (κ1) is 12.3. The van der Waals surface area contributed by atoms with Crippen LogP contribution in [0.3, 0.4) is 0 Å². The summed E-state index contributed by atoms with van der Waals surface area (Å²) in [7, 11) is 0. The van der Waals surface area contributed by atoms with Crippen molar-refractivity contribution < 1.29 is 5.11 Å². The Morgan fingerprint density at radius 3 is 2.82 bits per heavy atom. The molecule has 1 fully saturated rings. The minimum absolute atomic E-state index is 0.315. The van der Waals surface area contributed by atoms with Crippen LogP contribution in [-0.4, -0.2) is 28.2 Å². The number of aryl methyl sites for hydroxylation is 1. The monoisotopic (exact) mass is 235 g/mol. The predicted octanol–water partition coefficient (Wildman–Crippen LogP) is 2.00. The van der Waals surface area contributed by atoms with E-state index in [-0.39, 0.29) is 0 Å². The van der Waals surface area contributed by atoms with Crippen molar-refractivity contribution in [2.24, 2.45) is 11.8 Å². The summed E-state index contributed by atoms with van der Waals surface area (Å²) in [6.45, 7) is 3.11. The zero-order valence-electron chi connectivity index (χ0n) is 10.4. The molecule has 17 heavy (non-hydrogen) atoms. The lowest BCUT2D eigenvalue weighted by Crippen LogP contribution is -2.28. The summed E-state index contributed by atoms with van der Waals surface area (Å²) in [6, 6.07) is 1.89. The second kappa shape index (κ2) is 5.96. The summed E-state index contributed by atoms with van der Waals surface area (Å²) >= 11 is 0. The van der Waals surface area contributed by atoms with Gasteiger partial charge in [0.1, 0.15) is 11.6 Å². The number of nitrogens with one attached hydrogen (secondary N) is 1. The van der Waals surface area contributed by atoms with Gasteiger partial charge in [0.25, 0.3) is 0 Å². The second-order valence-corrected chi connectivity index (χ2v) is 4.86. The average Bonchev–Trinajstić information content (AvgIpc) is 2.37.